The number of nitrogens with one attached hydrogen (secondary N) is 1. The molecule has 1 aromatic heterocycles. The summed E-state index contributed by atoms with van der Waals surface area (Å²) in [6.45, 7) is 1.22. The van der Waals surface area contributed by atoms with Crippen LogP contribution in [0.25, 0.3) is 0 Å². The molecule has 1 saturated heterocycles. The summed E-state index contributed by atoms with van der Waals surface area (Å²) in [7, 11) is 0. The molecule has 1 amide bonds. The van der Waals surface area contributed by atoms with Crippen LogP contribution in [0.1, 0.15) is 12.8 Å². The number of piperidine rings is 1. The number of carbonyl (C=O) groups excluding carboxylic acids is 1. The first-order chi connectivity index (χ1) is 7.75. The summed E-state index contributed by atoms with van der Waals surface area (Å²) in [5.74, 6) is 0.803. The Bertz CT molecular complexity index is 381. The van der Waals surface area contributed by atoms with Gasteiger partial charge in [0.2, 0.25) is 11.8 Å². The maximum absolute atomic E-state index is 11.1. The van der Waals surface area contributed by atoms with Crippen molar-refractivity contribution in [2.24, 2.45) is 5.92 Å². The maximum atomic E-state index is 11.1. The molecule has 2 rings (SSSR count). The number of nitrogen functional groups attached to an aromatic ring is 1. The van der Waals surface area contributed by atoms with E-state index in [1.54, 1.807) is 18.3 Å². The third kappa shape index (κ3) is 2.62. The monoisotopic (exact) mass is 221 g/mol. The summed E-state index contributed by atoms with van der Waals surface area (Å²) in [6.07, 6.45) is 3.10. The smallest absolute Gasteiger partial charge is 0.237 e. The molecule has 86 valence electrons. The summed E-state index contributed by atoms with van der Waals surface area (Å²) >= 11 is 0. The average Bonchev–Trinajstić information content (AvgIpc) is 2.28. The standard InChI is InChI=1S/C11H15N3O2/c12-9-2-1-4-14-11(9)16-7-8-3-5-13-10(15)6-8/h1-2,4,8H,3,5-7,12H2,(H,13,15). The van der Waals surface area contributed by atoms with E-state index >= 15 is 0 Å². The van der Waals surface area contributed by atoms with Crippen LogP contribution in [-0.2, 0) is 4.79 Å². The van der Waals surface area contributed by atoms with Crippen LogP contribution in [0.15, 0.2) is 18.3 Å². The average molecular weight is 221 g/mol. The van der Waals surface area contributed by atoms with Crippen molar-refractivity contribution in [3.05, 3.63) is 18.3 Å². The first kappa shape index (κ1) is 10.7. The predicted octanol–water partition coefficient (Wildman–Crippen LogP) is 0.569. The fraction of sp³-hybridized carbons (Fsp3) is 0.455. The highest BCUT2D eigenvalue weighted by molar-refractivity contribution is 5.76. The van der Waals surface area contributed by atoms with Gasteiger partial charge >= 0.3 is 0 Å². The van der Waals surface area contributed by atoms with Crippen molar-refractivity contribution in [2.75, 3.05) is 18.9 Å². The van der Waals surface area contributed by atoms with Gasteiger partial charge in [0.15, 0.2) is 0 Å². The zero-order chi connectivity index (χ0) is 11.4. The number of carbonyl (C=O) groups is 1. The molecular formula is C11H15N3O2. The van der Waals surface area contributed by atoms with Crippen molar-refractivity contribution < 1.29 is 9.53 Å². The van der Waals surface area contributed by atoms with Crippen LogP contribution in [0.4, 0.5) is 5.69 Å². The Morgan fingerprint density at radius 3 is 3.25 bits per heavy atom. The van der Waals surface area contributed by atoms with Crippen molar-refractivity contribution in [1.29, 1.82) is 0 Å². The number of ether oxygens (including phenoxy) is 1. The molecular weight excluding hydrogens is 206 g/mol. The molecule has 1 unspecified atom stereocenters. The molecule has 0 radical (unpaired) electrons. The molecule has 1 aliphatic heterocycles. The normalized spacial score (nSPS) is 20.2. The van der Waals surface area contributed by atoms with Crippen LogP contribution in [0.3, 0.4) is 0 Å². The second kappa shape index (κ2) is 4.83. The Hall–Kier alpha value is -1.78. The van der Waals surface area contributed by atoms with Gasteiger partial charge in [-0.1, -0.05) is 0 Å². The van der Waals surface area contributed by atoms with Crippen molar-refractivity contribution in [3.8, 4) is 5.88 Å². The van der Waals surface area contributed by atoms with Gasteiger partial charge in [-0.05, 0) is 18.6 Å². The third-order valence-corrected chi connectivity index (χ3v) is 2.61. The van der Waals surface area contributed by atoms with E-state index in [4.69, 9.17) is 10.5 Å². The molecule has 5 nitrogen and oxygen atoms in total. The third-order valence-electron chi connectivity index (χ3n) is 2.61. The van der Waals surface area contributed by atoms with Crippen molar-refractivity contribution in [2.45, 2.75) is 12.8 Å². The van der Waals surface area contributed by atoms with E-state index in [0.717, 1.165) is 13.0 Å². The molecule has 2 heterocycles. The van der Waals surface area contributed by atoms with Gasteiger partial charge in [0, 0.05) is 25.1 Å². The number of hydrogen-bond acceptors (Lipinski definition) is 4. The van der Waals surface area contributed by atoms with Crippen molar-refractivity contribution >= 4 is 11.6 Å². The SMILES string of the molecule is Nc1cccnc1OCC1CCNC(=O)C1. The fourth-order valence-corrected chi connectivity index (χ4v) is 1.72. The minimum Gasteiger partial charge on any atom is -0.476 e. The summed E-state index contributed by atoms with van der Waals surface area (Å²) < 4.78 is 5.51. The van der Waals surface area contributed by atoms with E-state index in [1.165, 1.54) is 0 Å². The minimum atomic E-state index is 0.0915. The van der Waals surface area contributed by atoms with Gasteiger partial charge in [-0.25, -0.2) is 4.98 Å². The quantitative estimate of drug-likeness (QED) is 0.782. The van der Waals surface area contributed by atoms with Gasteiger partial charge in [0.25, 0.3) is 0 Å². The van der Waals surface area contributed by atoms with Gasteiger partial charge in [-0.2, -0.15) is 0 Å². The second-order valence-corrected chi connectivity index (χ2v) is 3.92. The molecule has 1 atom stereocenters. The lowest BCUT2D eigenvalue weighted by Crippen LogP contribution is -2.35. The Labute approximate surface area is 94.0 Å². The van der Waals surface area contributed by atoms with Crippen LogP contribution < -0.4 is 15.8 Å². The number of anilines is 1. The van der Waals surface area contributed by atoms with E-state index in [2.05, 4.69) is 10.3 Å². The predicted molar refractivity (Wildman–Crippen MR) is 59.9 cm³/mol. The summed E-state index contributed by atoms with van der Waals surface area (Å²) in [5, 5.41) is 2.79. The zero-order valence-electron chi connectivity index (χ0n) is 8.98. The van der Waals surface area contributed by atoms with Gasteiger partial charge in [0.1, 0.15) is 0 Å². The highest BCUT2D eigenvalue weighted by Gasteiger charge is 2.19. The number of pyridine rings is 1. The van der Waals surface area contributed by atoms with Crippen LogP contribution in [0.5, 0.6) is 5.88 Å². The number of nitrogens with two attached hydrogens (primary N) is 1. The molecule has 0 spiro atoms. The van der Waals surface area contributed by atoms with Crippen LogP contribution in [-0.4, -0.2) is 24.0 Å². The van der Waals surface area contributed by atoms with Gasteiger partial charge in [0.05, 0.1) is 12.3 Å². The van der Waals surface area contributed by atoms with Crippen LogP contribution in [0, 0.1) is 5.92 Å². The highest BCUT2D eigenvalue weighted by Crippen LogP contribution is 2.19. The molecule has 1 aromatic rings. The Morgan fingerprint density at radius 1 is 1.62 bits per heavy atom. The maximum Gasteiger partial charge on any atom is 0.237 e. The zero-order valence-corrected chi connectivity index (χ0v) is 8.98. The lowest BCUT2D eigenvalue weighted by Gasteiger charge is -2.21. The topological polar surface area (TPSA) is 77.2 Å². The van der Waals surface area contributed by atoms with Gasteiger partial charge in [-0.15, -0.1) is 0 Å². The van der Waals surface area contributed by atoms with E-state index in [9.17, 15) is 4.79 Å². The second-order valence-electron chi connectivity index (χ2n) is 3.92. The lowest BCUT2D eigenvalue weighted by atomic mass is 9.99. The van der Waals surface area contributed by atoms with Crippen molar-refractivity contribution in [1.82, 2.24) is 10.3 Å². The Kier molecular flexibility index (Phi) is 3.24. The summed E-state index contributed by atoms with van der Waals surface area (Å²) in [4.78, 5) is 15.2. The molecule has 16 heavy (non-hydrogen) atoms. The van der Waals surface area contributed by atoms with Crippen LogP contribution >= 0.6 is 0 Å². The highest BCUT2D eigenvalue weighted by atomic mass is 16.5. The lowest BCUT2D eigenvalue weighted by molar-refractivity contribution is -0.123. The fourth-order valence-electron chi connectivity index (χ4n) is 1.72. The first-order valence-electron chi connectivity index (χ1n) is 5.35. The Morgan fingerprint density at radius 2 is 2.50 bits per heavy atom. The van der Waals surface area contributed by atoms with E-state index in [1.807, 2.05) is 0 Å². The molecule has 5 heteroatoms. The van der Waals surface area contributed by atoms with E-state index < -0.39 is 0 Å². The minimum absolute atomic E-state index is 0.0915. The summed E-state index contributed by atoms with van der Waals surface area (Å²) in [5.41, 5.74) is 6.23. The number of nitrogens with zero attached hydrogens (tertiary/aromatic N) is 1. The largest absolute Gasteiger partial charge is 0.476 e. The molecule has 0 saturated carbocycles. The van der Waals surface area contributed by atoms with Crippen molar-refractivity contribution in [3.63, 3.8) is 0 Å². The summed E-state index contributed by atoms with van der Waals surface area (Å²) in [6, 6.07) is 3.51. The molecule has 3 N–H and O–H groups in total. The molecule has 1 aliphatic rings. The molecule has 0 bridgehead atoms. The van der Waals surface area contributed by atoms with Gasteiger partial charge in [-0.3, -0.25) is 4.79 Å². The van der Waals surface area contributed by atoms with Crippen LogP contribution in [0.2, 0.25) is 0 Å². The number of hydrogen-bond donors (Lipinski definition) is 2. The molecule has 0 aromatic carbocycles. The van der Waals surface area contributed by atoms with Gasteiger partial charge < -0.3 is 15.8 Å². The van der Waals surface area contributed by atoms with E-state index in [-0.39, 0.29) is 11.8 Å². The Balaban J connectivity index is 1.87. The molecule has 1 fully saturated rings. The molecule has 0 aliphatic carbocycles. The number of amides is 1. The number of aromatic nitrogens is 1. The number of rotatable bonds is 3. The van der Waals surface area contributed by atoms with E-state index in [0.29, 0.717) is 24.6 Å². The first-order valence-corrected chi connectivity index (χ1v) is 5.35.